The van der Waals surface area contributed by atoms with Crippen molar-refractivity contribution in [2.75, 3.05) is 13.1 Å². The molecule has 0 aliphatic carbocycles. The normalized spacial score (nSPS) is 22.6. The molecule has 0 spiro atoms. The van der Waals surface area contributed by atoms with E-state index >= 15 is 0 Å². The van der Waals surface area contributed by atoms with Gasteiger partial charge in [0.2, 0.25) is 0 Å². The summed E-state index contributed by atoms with van der Waals surface area (Å²) in [4.78, 5) is 2.42. The number of benzene rings is 1. The van der Waals surface area contributed by atoms with Gasteiger partial charge in [0, 0.05) is 24.2 Å². The Morgan fingerprint density at radius 1 is 1.39 bits per heavy atom. The second kappa shape index (κ2) is 5.81. The lowest BCUT2D eigenvalue weighted by Crippen LogP contribution is -2.38. The first kappa shape index (κ1) is 13.5. The summed E-state index contributed by atoms with van der Waals surface area (Å²) in [6.45, 7) is 6.34. The van der Waals surface area contributed by atoms with Gasteiger partial charge in [0.1, 0.15) is 5.82 Å². The fourth-order valence-electron chi connectivity index (χ4n) is 2.96. The monoisotopic (exact) mass is 250 g/mol. The molecule has 0 bridgehead atoms. The SMILES string of the molecule is CC(C)C1CCCN1CC(N)c1ccccc1F. The van der Waals surface area contributed by atoms with Crippen LogP contribution in [0.1, 0.15) is 38.3 Å². The number of likely N-dealkylation sites (tertiary alicyclic amines) is 1. The Labute approximate surface area is 109 Å². The maximum absolute atomic E-state index is 13.7. The van der Waals surface area contributed by atoms with Crippen LogP contribution in [-0.2, 0) is 0 Å². The molecule has 2 rings (SSSR count). The average Bonchev–Trinajstić information content (AvgIpc) is 2.77. The van der Waals surface area contributed by atoms with Crippen molar-refractivity contribution in [3.8, 4) is 0 Å². The number of hydrogen-bond acceptors (Lipinski definition) is 2. The van der Waals surface area contributed by atoms with E-state index in [4.69, 9.17) is 5.73 Å². The van der Waals surface area contributed by atoms with Crippen LogP contribution in [0.2, 0.25) is 0 Å². The van der Waals surface area contributed by atoms with Crippen LogP contribution >= 0.6 is 0 Å². The molecule has 2 nitrogen and oxygen atoms in total. The van der Waals surface area contributed by atoms with Crippen LogP contribution in [0.4, 0.5) is 4.39 Å². The van der Waals surface area contributed by atoms with E-state index in [1.807, 2.05) is 6.07 Å². The largest absolute Gasteiger partial charge is 0.323 e. The Balaban J connectivity index is 2.03. The molecule has 3 heteroatoms. The molecule has 1 saturated heterocycles. The number of nitrogens with zero attached hydrogens (tertiary/aromatic N) is 1. The zero-order chi connectivity index (χ0) is 13.1. The Morgan fingerprint density at radius 3 is 2.78 bits per heavy atom. The first-order chi connectivity index (χ1) is 8.59. The van der Waals surface area contributed by atoms with Crippen LogP contribution in [0.15, 0.2) is 24.3 Å². The van der Waals surface area contributed by atoms with Crippen LogP contribution in [0.5, 0.6) is 0 Å². The Morgan fingerprint density at radius 2 is 2.11 bits per heavy atom. The fourth-order valence-corrected chi connectivity index (χ4v) is 2.96. The molecule has 100 valence electrons. The predicted octanol–water partition coefficient (Wildman–Crippen LogP) is 2.95. The zero-order valence-electron chi connectivity index (χ0n) is 11.3. The van der Waals surface area contributed by atoms with E-state index in [9.17, 15) is 4.39 Å². The van der Waals surface area contributed by atoms with Crippen molar-refractivity contribution in [2.24, 2.45) is 11.7 Å². The molecule has 1 fully saturated rings. The maximum Gasteiger partial charge on any atom is 0.128 e. The number of hydrogen-bond donors (Lipinski definition) is 1. The third-order valence-corrected chi connectivity index (χ3v) is 3.92. The second-order valence-corrected chi connectivity index (χ2v) is 5.58. The van der Waals surface area contributed by atoms with Crippen LogP contribution in [0.3, 0.4) is 0 Å². The van der Waals surface area contributed by atoms with Gasteiger partial charge in [0.15, 0.2) is 0 Å². The molecule has 18 heavy (non-hydrogen) atoms. The first-order valence-corrected chi connectivity index (χ1v) is 6.83. The van der Waals surface area contributed by atoms with E-state index < -0.39 is 0 Å². The minimum absolute atomic E-state index is 0.190. The van der Waals surface area contributed by atoms with Crippen LogP contribution in [0.25, 0.3) is 0 Å². The minimum Gasteiger partial charge on any atom is -0.323 e. The summed E-state index contributed by atoms with van der Waals surface area (Å²) in [6, 6.07) is 7.20. The summed E-state index contributed by atoms with van der Waals surface area (Å²) in [5, 5.41) is 0. The van der Waals surface area contributed by atoms with E-state index in [0.717, 1.165) is 13.1 Å². The van der Waals surface area contributed by atoms with E-state index in [1.165, 1.54) is 18.9 Å². The minimum atomic E-state index is -0.231. The highest BCUT2D eigenvalue weighted by molar-refractivity contribution is 5.21. The first-order valence-electron chi connectivity index (χ1n) is 6.83. The molecular weight excluding hydrogens is 227 g/mol. The molecule has 0 aromatic heterocycles. The average molecular weight is 250 g/mol. The lowest BCUT2D eigenvalue weighted by molar-refractivity contribution is 0.195. The van der Waals surface area contributed by atoms with Gasteiger partial charge in [-0.25, -0.2) is 4.39 Å². The molecule has 1 heterocycles. The van der Waals surface area contributed by atoms with Gasteiger partial charge in [-0.2, -0.15) is 0 Å². The number of rotatable bonds is 4. The quantitative estimate of drug-likeness (QED) is 0.890. The number of nitrogens with two attached hydrogens (primary N) is 1. The Hall–Kier alpha value is -0.930. The van der Waals surface area contributed by atoms with Crippen molar-refractivity contribution in [3.63, 3.8) is 0 Å². The van der Waals surface area contributed by atoms with Gasteiger partial charge in [0.05, 0.1) is 0 Å². The van der Waals surface area contributed by atoms with Gasteiger partial charge < -0.3 is 5.73 Å². The summed E-state index contributed by atoms with van der Waals surface area (Å²) in [5.74, 6) is 0.450. The molecule has 1 aliphatic rings. The van der Waals surface area contributed by atoms with E-state index in [1.54, 1.807) is 12.1 Å². The molecule has 1 aliphatic heterocycles. The standard InChI is InChI=1S/C15H23FN2/c1-11(2)15-8-5-9-18(15)10-14(17)12-6-3-4-7-13(12)16/h3-4,6-7,11,14-15H,5,8-10,17H2,1-2H3. The summed E-state index contributed by atoms with van der Waals surface area (Å²) in [7, 11) is 0. The summed E-state index contributed by atoms with van der Waals surface area (Å²) in [5.41, 5.74) is 6.79. The van der Waals surface area contributed by atoms with Crippen LogP contribution in [0, 0.1) is 11.7 Å². The summed E-state index contributed by atoms with van der Waals surface area (Å²) in [6.07, 6.45) is 2.47. The summed E-state index contributed by atoms with van der Waals surface area (Å²) < 4.78 is 13.7. The second-order valence-electron chi connectivity index (χ2n) is 5.58. The lowest BCUT2D eigenvalue weighted by atomic mass is 10.0. The smallest absolute Gasteiger partial charge is 0.128 e. The topological polar surface area (TPSA) is 29.3 Å². The van der Waals surface area contributed by atoms with Crippen molar-refractivity contribution >= 4 is 0 Å². The third-order valence-electron chi connectivity index (χ3n) is 3.92. The molecule has 2 atom stereocenters. The number of halogens is 1. The van der Waals surface area contributed by atoms with Gasteiger partial charge in [-0.05, 0) is 31.4 Å². The van der Waals surface area contributed by atoms with Gasteiger partial charge in [-0.3, -0.25) is 4.90 Å². The maximum atomic E-state index is 13.7. The Bertz CT molecular complexity index is 392. The lowest BCUT2D eigenvalue weighted by Gasteiger charge is -2.30. The molecular formula is C15H23FN2. The van der Waals surface area contributed by atoms with Gasteiger partial charge in [0.25, 0.3) is 0 Å². The van der Waals surface area contributed by atoms with E-state index in [-0.39, 0.29) is 11.9 Å². The van der Waals surface area contributed by atoms with Crippen molar-refractivity contribution in [1.82, 2.24) is 4.90 Å². The van der Waals surface area contributed by atoms with Crippen molar-refractivity contribution in [1.29, 1.82) is 0 Å². The molecule has 2 unspecified atom stereocenters. The van der Waals surface area contributed by atoms with Gasteiger partial charge >= 0.3 is 0 Å². The molecule has 0 saturated carbocycles. The van der Waals surface area contributed by atoms with Crippen molar-refractivity contribution < 1.29 is 4.39 Å². The van der Waals surface area contributed by atoms with E-state index in [2.05, 4.69) is 18.7 Å². The highest BCUT2D eigenvalue weighted by atomic mass is 19.1. The molecule has 1 aromatic rings. The molecule has 1 aromatic carbocycles. The summed E-state index contributed by atoms with van der Waals surface area (Å²) >= 11 is 0. The van der Waals surface area contributed by atoms with Crippen LogP contribution in [-0.4, -0.2) is 24.0 Å². The predicted molar refractivity (Wildman–Crippen MR) is 72.8 cm³/mol. The zero-order valence-corrected chi connectivity index (χ0v) is 11.3. The van der Waals surface area contributed by atoms with Crippen molar-refractivity contribution in [3.05, 3.63) is 35.6 Å². The molecule has 0 amide bonds. The van der Waals surface area contributed by atoms with Crippen molar-refractivity contribution in [2.45, 2.75) is 38.8 Å². The highest BCUT2D eigenvalue weighted by Gasteiger charge is 2.28. The molecule has 2 N–H and O–H groups in total. The third kappa shape index (κ3) is 2.90. The van der Waals surface area contributed by atoms with Gasteiger partial charge in [-0.15, -0.1) is 0 Å². The van der Waals surface area contributed by atoms with Gasteiger partial charge in [-0.1, -0.05) is 32.0 Å². The van der Waals surface area contributed by atoms with E-state index in [0.29, 0.717) is 17.5 Å². The Kier molecular flexibility index (Phi) is 4.36. The fraction of sp³-hybridized carbons (Fsp3) is 0.600. The van der Waals surface area contributed by atoms with Crippen LogP contribution < -0.4 is 5.73 Å². The molecule has 0 radical (unpaired) electrons. The highest BCUT2D eigenvalue weighted by Crippen LogP contribution is 2.26.